The molecule has 1 aliphatic carbocycles. The van der Waals surface area contributed by atoms with Gasteiger partial charge in [-0.3, -0.25) is 4.79 Å². The van der Waals surface area contributed by atoms with Gasteiger partial charge in [-0.15, -0.1) is 0 Å². The summed E-state index contributed by atoms with van der Waals surface area (Å²) in [4.78, 5) is 14.6. The molecule has 1 aliphatic rings. The molecule has 3 nitrogen and oxygen atoms in total. The minimum Gasteiger partial charge on any atom is -0.490 e. The fraction of sp³-hybridized carbons (Fsp3) is 0.444. The van der Waals surface area contributed by atoms with Crippen molar-refractivity contribution >= 4 is 17.2 Å². The van der Waals surface area contributed by atoms with E-state index in [9.17, 15) is 31.1 Å². The minimum atomic E-state index is -4.75. The number of pyridine rings is 1. The zero-order valence-electron chi connectivity index (χ0n) is 13.9. The Balaban J connectivity index is 1.90. The van der Waals surface area contributed by atoms with Gasteiger partial charge >= 0.3 is 12.4 Å². The summed E-state index contributed by atoms with van der Waals surface area (Å²) in [5.74, 6) is -1.88. The number of hydrogen-bond acceptors (Lipinski definition) is 3. The molecule has 0 unspecified atom stereocenters. The fourth-order valence-corrected chi connectivity index (χ4v) is 3.34. The number of carbonyl (C=O) groups is 1. The number of nitrogens with zero attached hydrogens (tertiary/aromatic N) is 1. The fourth-order valence-electron chi connectivity index (χ4n) is 3.34. The van der Waals surface area contributed by atoms with E-state index in [4.69, 9.17) is 4.74 Å². The van der Waals surface area contributed by atoms with Gasteiger partial charge in [-0.2, -0.15) is 26.3 Å². The lowest BCUT2D eigenvalue weighted by Gasteiger charge is -2.31. The van der Waals surface area contributed by atoms with Crippen molar-refractivity contribution < 1.29 is 35.9 Å². The highest BCUT2D eigenvalue weighted by Crippen LogP contribution is 2.43. The first-order chi connectivity index (χ1) is 12.6. The third-order valence-electron chi connectivity index (χ3n) is 4.69. The third-order valence-corrected chi connectivity index (χ3v) is 4.69. The van der Waals surface area contributed by atoms with Gasteiger partial charge in [-0.05, 0) is 49.9 Å². The van der Waals surface area contributed by atoms with Gasteiger partial charge in [-0.25, -0.2) is 4.98 Å². The first-order valence-corrected chi connectivity index (χ1v) is 8.29. The molecule has 146 valence electrons. The van der Waals surface area contributed by atoms with Gasteiger partial charge in [0.1, 0.15) is 17.0 Å². The summed E-state index contributed by atoms with van der Waals surface area (Å²) >= 11 is 0. The molecule has 1 saturated carbocycles. The molecular formula is C18H15F6NO2. The number of aromatic nitrogens is 1. The molecule has 27 heavy (non-hydrogen) atoms. The van der Waals surface area contributed by atoms with Crippen LogP contribution in [0.15, 0.2) is 24.3 Å². The van der Waals surface area contributed by atoms with Crippen LogP contribution in [-0.2, 0) is 6.18 Å². The normalized spacial score (nSPS) is 21.3. The number of benzene rings is 1. The Labute approximate surface area is 150 Å². The summed E-state index contributed by atoms with van der Waals surface area (Å²) in [6, 6.07) is 4.71. The summed E-state index contributed by atoms with van der Waals surface area (Å²) in [5, 5.41) is -0.227. The van der Waals surface area contributed by atoms with Gasteiger partial charge in [-0.1, -0.05) is 0 Å². The Hall–Kier alpha value is -2.32. The molecule has 1 aromatic carbocycles. The molecular weight excluding hydrogens is 376 g/mol. The average Bonchev–Trinajstić information content (AvgIpc) is 2.59. The van der Waals surface area contributed by atoms with Crippen molar-refractivity contribution in [3.8, 4) is 5.75 Å². The van der Waals surface area contributed by atoms with Crippen LogP contribution in [0, 0.1) is 5.92 Å². The summed E-state index contributed by atoms with van der Waals surface area (Å²) < 4.78 is 84.5. The van der Waals surface area contributed by atoms with Crippen molar-refractivity contribution in [3.63, 3.8) is 0 Å². The molecule has 0 spiro atoms. The lowest BCUT2D eigenvalue weighted by molar-refractivity contribution is -0.185. The molecule has 0 N–H and O–H groups in total. The zero-order chi connectivity index (χ0) is 19.8. The van der Waals surface area contributed by atoms with E-state index in [1.54, 1.807) is 0 Å². The number of ether oxygens (including phenoxy) is 1. The van der Waals surface area contributed by atoms with Crippen LogP contribution >= 0.6 is 0 Å². The lowest BCUT2D eigenvalue weighted by Crippen LogP contribution is -2.32. The largest absolute Gasteiger partial charge is 0.490 e. The van der Waals surface area contributed by atoms with Crippen LogP contribution in [0.4, 0.5) is 26.3 Å². The van der Waals surface area contributed by atoms with E-state index in [-0.39, 0.29) is 42.3 Å². The Morgan fingerprint density at radius 3 is 2.19 bits per heavy atom. The predicted molar refractivity (Wildman–Crippen MR) is 84.6 cm³/mol. The van der Waals surface area contributed by atoms with Crippen molar-refractivity contribution in [1.82, 2.24) is 4.98 Å². The average molecular weight is 391 g/mol. The standard InChI is InChI=1S/C18H15F6NO2/c19-17(20,21)10-1-4-12(5-2-10)27-15-8-7-14-13(16(15)18(22,23)24)6-3-11(9-26)25-14/h3,6-10,12H,1-2,4-5H2/t10-,12+. The molecule has 0 atom stereocenters. The zero-order valence-corrected chi connectivity index (χ0v) is 13.9. The Morgan fingerprint density at radius 2 is 1.63 bits per heavy atom. The maximum Gasteiger partial charge on any atom is 0.420 e. The van der Waals surface area contributed by atoms with Gasteiger partial charge in [0.25, 0.3) is 0 Å². The number of rotatable bonds is 3. The van der Waals surface area contributed by atoms with Crippen LogP contribution in [0.3, 0.4) is 0 Å². The summed E-state index contributed by atoms with van der Waals surface area (Å²) in [5.41, 5.74) is -1.06. The van der Waals surface area contributed by atoms with Crippen molar-refractivity contribution in [2.75, 3.05) is 0 Å². The highest BCUT2D eigenvalue weighted by Gasteiger charge is 2.42. The first-order valence-electron chi connectivity index (χ1n) is 8.29. The molecule has 0 radical (unpaired) electrons. The second-order valence-corrected chi connectivity index (χ2v) is 6.49. The molecule has 0 amide bonds. The third kappa shape index (κ3) is 4.17. The van der Waals surface area contributed by atoms with E-state index in [2.05, 4.69) is 4.98 Å². The SMILES string of the molecule is O=Cc1ccc2c(C(F)(F)F)c(O[C@H]3CC[C@@H](C(F)(F)F)CC3)ccc2n1. The maximum absolute atomic E-state index is 13.6. The smallest absolute Gasteiger partial charge is 0.420 e. The van der Waals surface area contributed by atoms with Crippen molar-refractivity contribution in [3.05, 3.63) is 35.5 Å². The molecule has 0 bridgehead atoms. The van der Waals surface area contributed by atoms with Crippen LogP contribution in [0.5, 0.6) is 5.75 Å². The molecule has 3 rings (SSSR count). The predicted octanol–water partition coefficient (Wildman–Crippen LogP) is 5.57. The lowest BCUT2D eigenvalue weighted by atomic mass is 9.87. The topological polar surface area (TPSA) is 39.2 Å². The van der Waals surface area contributed by atoms with Crippen molar-refractivity contribution in [2.24, 2.45) is 5.92 Å². The Kier molecular flexibility index (Phi) is 5.05. The highest BCUT2D eigenvalue weighted by atomic mass is 19.4. The van der Waals surface area contributed by atoms with E-state index in [1.807, 2.05) is 0 Å². The molecule has 0 aliphatic heterocycles. The van der Waals surface area contributed by atoms with E-state index in [1.165, 1.54) is 12.1 Å². The van der Waals surface area contributed by atoms with E-state index < -0.39 is 35.7 Å². The maximum atomic E-state index is 13.6. The van der Waals surface area contributed by atoms with Gasteiger partial charge in [0.05, 0.1) is 17.5 Å². The molecule has 2 aromatic rings. The van der Waals surface area contributed by atoms with Crippen molar-refractivity contribution in [2.45, 2.75) is 44.1 Å². The van der Waals surface area contributed by atoms with Crippen LogP contribution in [0.1, 0.15) is 41.7 Å². The quantitative estimate of drug-likeness (QED) is 0.508. The molecule has 1 fully saturated rings. The van der Waals surface area contributed by atoms with Gasteiger partial charge in [0, 0.05) is 5.39 Å². The number of aldehydes is 1. The number of hydrogen-bond donors (Lipinski definition) is 0. The van der Waals surface area contributed by atoms with Crippen molar-refractivity contribution in [1.29, 1.82) is 0 Å². The second kappa shape index (κ2) is 7.01. The first kappa shape index (κ1) is 19.4. The van der Waals surface area contributed by atoms with E-state index >= 15 is 0 Å². The van der Waals surface area contributed by atoms with E-state index in [0.29, 0.717) is 6.29 Å². The molecule has 9 heteroatoms. The summed E-state index contributed by atoms with van der Waals surface area (Å²) in [7, 11) is 0. The Morgan fingerprint density at radius 1 is 0.963 bits per heavy atom. The molecule has 1 aromatic heterocycles. The number of fused-ring (bicyclic) bond motifs is 1. The van der Waals surface area contributed by atoms with Gasteiger partial charge in [0.2, 0.25) is 0 Å². The van der Waals surface area contributed by atoms with Crippen LogP contribution in [0.25, 0.3) is 10.9 Å². The Bertz CT molecular complexity index is 838. The number of carbonyl (C=O) groups excluding carboxylic acids is 1. The van der Waals surface area contributed by atoms with Crippen LogP contribution in [-0.4, -0.2) is 23.6 Å². The summed E-state index contributed by atoms with van der Waals surface area (Å²) in [6.07, 6.45) is -9.62. The summed E-state index contributed by atoms with van der Waals surface area (Å²) in [6.45, 7) is 0. The molecule has 1 heterocycles. The minimum absolute atomic E-state index is 0.00485. The van der Waals surface area contributed by atoms with E-state index in [0.717, 1.165) is 12.1 Å². The second-order valence-electron chi connectivity index (χ2n) is 6.49. The molecule has 0 saturated heterocycles. The number of alkyl halides is 6. The number of halogens is 6. The van der Waals surface area contributed by atoms with Gasteiger partial charge < -0.3 is 4.74 Å². The van der Waals surface area contributed by atoms with Gasteiger partial charge in [0.15, 0.2) is 6.29 Å². The van der Waals surface area contributed by atoms with Crippen LogP contribution in [0.2, 0.25) is 0 Å². The highest BCUT2D eigenvalue weighted by molar-refractivity contribution is 5.88. The van der Waals surface area contributed by atoms with Crippen LogP contribution < -0.4 is 4.74 Å². The monoisotopic (exact) mass is 391 g/mol.